The third kappa shape index (κ3) is 3.41. The summed E-state index contributed by atoms with van der Waals surface area (Å²) in [6, 6.07) is 11.9. The summed E-state index contributed by atoms with van der Waals surface area (Å²) >= 11 is 0. The summed E-state index contributed by atoms with van der Waals surface area (Å²) in [6.07, 6.45) is 0. The van der Waals surface area contributed by atoms with E-state index in [1.807, 2.05) is 31.2 Å². The highest BCUT2D eigenvalue weighted by atomic mass is 16.5. The van der Waals surface area contributed by atoms with Gasteiger partial charge in [-0.2, -0.15) is 5.26 Å². The number of allylic oxidation sites excluding steroid dienone is 1. The quantitative estimate of drug-likeness (QED) is 0.862. The fourth-order valence-corrected chi connectivity index (χ4v) is 3.55. The van der Waals surface area contributed by atoms with Crippen molar-refractivity contribution in [1.82, 2.24) is 4.57 Å². The average Bonchev–Trinajstić information content (AvgIpc) is 2.67. The zero-order chi connectivity index (χ0) is 20.4. The molecule has 2 N–H and O–H groups in total. The average molecular weight is 379 g/mol. The van der Waals surface area contributed by atoms with Gasteiger partial charge in [0.2, 0.25) is 5.88 Å². The molecular weight excluding hydrogens is 354 g/mol. The highest BCUT2D eigenvalue weighted by Gasteiger charge is 2.34. The Hall–Kier alpha value is -3.04. The van der Waals surface area contributed by atoms with E-state index in [1.54, 1.807) is 17.7 Å². The second-order valence-corrected chi connectivity index (χ2v) is 7.26. The molecule has 2 aromatic rings. The minimum absolute atomic E-state index is 0.0429. The first kappa shape index (κ1) is 19.7. The predicted octanol–water partition coefficient (Wildman–Crippen LogP) is 3.14. The van der Waals surface area contributed by atoms with Crippen molar-refractivity contribution >= 4 is 0 Å². The molecule has 0 amide bonds. The lowest BCUT2D eigenvalue weighted by atomic mass is 9.83. The lowest BCUT2D eigenvalue weighted by Gasteiger charge is -2.27. The number of rotatable bonds is 5. The zero-order valence-electron chi connectivity index (χ0n) is 16.7. The molecule has 6 heteroatoms. The lowest BCUT2D eigenvalue weighted by molar-refractivity contribution is 0.185. The van der Waals surface area contributed by atoms with Gasteiger partial charge in [-0.15, -0.1) is 0 Å². The van der Waals surface area contributed by atoms with Crippen LogP contribution in [0.1, 0.15) is 48.1 Å². The van der Waals surface area contributed by atoms with E-state index in [0.29, 0.717) is 30.4 Å². The minimum atomic E-state index is -0.558. The number of hydrogen-bond donors (Lipinski definition) is 1. The van der Waals surface area contributed by atoms with E-state index in [2.05, 4.69) is 19.9 Å². The van der Waals surface area contributed by atoms with Crippen LogP contribution in [0.15, 0.2) is 46.6 Å². The monoisotopic (exact) mass is 379 g/mol. The lowest BCUT2D eigenvalue weighted by Crippen LogP contribution is -2.33. The Bertz CT molecular complexity index is 1010. The molecule has 1 aromatic carbocycles. The van der Waals surface area contributed by atoms with Gasteiger partial charge in [0.15, 0.2) is 0 Å². The standard InChI is InChI=1S/C22H25N3O3/c1-13(2)15-5-7-16(8-6-15)19-17(12-23)21(24)28-18-11-14(3)25(9-10-27-4)22(26)20(18)19/h5-8,11,13,19H,9-10,24H2,1-4H3/t19-/m1/s1. The summed E-state index contributed by atoms with van der Waals surface area (Å²) < 4.78 is 12.4. The highest BCUT2D eigenvalue weighted by molar-refractivity contribution is 5.55. The van der Waals surface area contributed by atoms with Gasteiger partial charge in [0.05, 0.1) is 18.1 Å². The largest absolute Gasteiger partial charge is 0.440 e. The van der Waals surface area contributed by atoms with Gasteiger partial charge in [-0.05, 0) is 24.0 Å². The van der Waals surface area contributed by atoms with Crippen LogP contribution in [-0.4, -0.2) is 18.3 Å². The normalized spacial score (nSPS) is 15.9. The van der Waals surface area contributed by atoms with Gasteiger partial charge in [0.25, 0.3) is 5.56 Å². The van der Waals surface area contributed by atoms with Crippen LogP contribution in [0, 0.1) is 18.3 Å². The van der Waals surface area contributed by atoms with E-state index in [0.717, 1.165) is 11.3 Å². The second-order valence-electron chi connectivity index (χ2n) is 7.26. The van der Waals surface area contributed by atoms with Gasteiger partial charge in [0.1, 0.15) is 17.4 Å². The molecule has 0 bridgehead atoms. The molecule has 1 aromatic heterocycles. The van der Waals surface area contributed by atoms with Crippen molar-refractivity contribution in [2.24, 2.45) is 5.73 Å². The molecule has 0 unspecified atom stereocenters. The Balaban J connectivity index is 2.21. The minimum Gasteiger partial charge on any atom is -0.440 e. The Morgan fingerprint density at radius 1 is 1.32 bits per heavy atom. The smallest absolute Gasteiger partial charge is 0.258 e. The summed E-state index contributed by atoms with van der Waals surface area (Å²) in [5, 5.41) is 9.72. The number of hydrogen-bond acceptors (Lipinski definition) is 5. The maximum absolute atomic E-state index is 13.3. The van der Waals surface area contributed by atoms with Crippen LogP contribution in [-0.2, 0) is 11.3 Å². The third-order valence-corrected chi connectivity index (χ3v) is 5.15. The molecule has 0 saturated heterocycles. The van der Waals surface area contributed by atoms with Gasteiger partial charge in [0, 0.05) is 25.4 Å². The number of methoxy groups -OCH3 is 1. The van der Waals surface area contributed by atoms with Crippen LogP contribution < -0.4 is 16.0 Å². The molecule has 0 saturated carbocycles. The SMILES string of the molecule is COCCn1c(C)cc2c(c1=O)[C@H](c1ccc(C(C)C)cc1)C(C#N)=C(N)O2. The van der Waals surface area contributed by atoms with Gasteiger partial charge in [-0.25, -0.2) is 0 Å². The molecular formula is C22H25N3O3. The number of ether oxygens (including phenoxy) is 2. The van der Waals surface area contributed by atoms with Gasteiger partial charge in [-0.3, -0.25) is 4.79 Å². The van der Waals surface area contributed by atoms with E-state index in [1.165, 1.54) is 5.56 Å². The van der Waals surface area contributed by atoms with Crippen LogP contribution in [0.5, 0.6) is 5.75 Å². The molecule has 0 spiro atoms. The molecule has 0 radical (unpaired) electrons. The molecule has 6 nitrogen and oxygen atoms in total. The van der Waals surface area contributed by atoms with Crippen molar-refractivity contribution in [2.45, 2.75) is 39.2 Å². The molecule has 3 rings (SSSR count). The van der Waals surface area contributed by atoms with E-state index >= 15 is 0 Å². The molecule has 28 heavy (non-hydrogen) atoms. The van der Waals surface area contributed by atoms with Crippen molar-refractivity contribution in [3.8, 4) is 11.8 Å². The van der Waals surface area contributed by atoms with Crippen LogP contribution >= 0.6 is 0 Å². The number of nitriles is 1. The van der Waals surface area contributed by atoms with Crippen LogP contribution in [0.25, 0.3) is 0 Å². The number of pyridine rings is 1. The zero-order valence-corrected chi connectivity index (χ0v) is 16.7. The first-order chi connectivity index (χ1) is 13.4. The van der Waals surface area contributed by atoms with E-state index in [9.17, 15) is 10.1 Å². The van der Waals surface area contributed by atoms with Crippen molar-refractivity contribution in [1.29, 1.82) is 5.26 Å². The first-order valence-electron chi connectivity index (χ1n) is 9.29. The third-order valence-electron chi connectivity index (χ3n) is 5.15. The van der Waals surface area contributed by atoms with Gasteiger partial charge in [-0.1, -0.05) is 38.1 Å². The number of nitrogens with two attached hydrogens (primary N) is 1. The van der Waals surface area contributed by atoms with E-state index in [4.69, 9.17) is 15.2 Å². The molecule has 0 aliphatic carbocycles. The first-order valence-corrected chi connectivity index (χ1v) is 9.29. The molecule has 2 heterocycles. The predicted molar refractivity (Wildman–Crippen MR) is 107 cm³/mol. The topological polar surface area (TPSA) is 90.3 Å². The summed E-state index contributed by atoms with van der Waals surface area (Å²) in [5.74, 6) is 0.282. The second kappa shape index (κ2) is 7.91. The van der Waals surface area contributed by atoms with E-state index < -0.39 is 5.92 Å². The molecule has 1 atom stereocenters. The summed E-state index contributed by atoms with van der Waals surface area (Å²) in [7, 11) is 1.60. The van der Waals surface area contributed by atoms with Crippen LogP contribution in [0.4, 0.5) is 0 Å². The number of benzene rings is 1. The number of aryl methyl sites for hydroxylation is 1. The molecule has 0 fully saturated rings. The van der Waals surface area contributed by atoms with Gasteiger partial charge >= 0.3 is 0 Å². The van der Waals surface area contributed by atoms with Crippen molar-refractivity contribution in [3.63, 3.8) is 0 Å². The van der Waals surface area contributed by atoms with E-state index in [-0.39, 0.29) is 17.0 Å². The molecule has 146 valence electrons. The Labute approximate surface area is 164 Å². The van der Waals surface area contributed by atoms with Crippen LogP contribution in [0.2, 0.25) is 0 Å². The maximum Gasteiger partial charge on any atom is 0.258 e. The summed E-state index contributed by atoms with van der Waals surface area (Å²) in [6.45, 7) is 6.92. The number of fused-ring (bicyclic) bond motifs is 1. The Morgan fingerprint density at radius 3 is 2.57 bits per heavy atom. The Morgan fingerprint density at radius 2 is 2.00 bits per heavy atom. The highest BCUT2D eigenvalue weighted by Crippen LogP contribution is 2.40. The van der Waals surface area contributed by atoms with Crippen molar-refractivity contribution in [2.75, 3.05) is 13.7 Å². The fourth-order valence-electron chi connectivity index (χ4n) is 3.55. The van der Waals surface area contributed by atoms with Crippen molar-refractivity contribution in [3.05, 3.63) is 74.5 Å². The maximum atomic E-state index is 13.3. The molecule has 1 aliphatic rings. The number of aromatic nitrogens is 1. The van der Waals surface area contributed by atoms with Crippen LogP contribution in [0.3, 0.4) is 0 Å². The van der Waals surface area contributed by atoms with Gasteiger partial charge < -0.3 is 19.8 Å². The van der Waals surface area contributed by atoms with Crippen molar-refractivity contribution < 1.29 is 9.47 Å². The summed E-state index contributed by atoms with van der Waals surface area (Å²) in [4.78, 5) is 13.3. The number of nitrogens with zero attached hydrogens (tertiary/aromatic N) is 2. The molecule has 1 aliphatic heterocycles. The Kier molecular flexibility index (Phi) is 5.57. The fraction of sp³-hybridized carbons (Fsp3) is 0.364. The summed E-state index contributed by atoms with van der Waals surface area (Å²) in [5.41, 5.74) is 9.31.